The zero-order valence-corrected chi connectivity index (χ0v) is 15.1. The number of allylic oxidation sites excluding steroid dienone is 1. The summed E-state index contributed by atoms with van der Waals surface area (Å²) in [6, 6.07) is 17.8. The molecule has 0 unspecified atom stereocenters. The van der Waals surface area contributed by atoms with E-state index in [1.807, 2.05) is 30.3 Å². The number of halogens is 1. The lowest BCUT2D eigenvalue weighted by molar-refractivity contribution is 0.379. The second-order valence-electron chi connectivity index (χ2n) is 6.67. The maximum Gasteiger partial charge on any atom is 0.244 e. The lowest BCUT2D eigenvalue weighted by atomic mass is 9.81. The number of aromatic amines is 1. The van der Waals surface area contributed by atoms with Crippen molar-refractivity contribution >= 4 is 10.9 Å². The summed E-state index contributed by atoms with van der Waals surface area (Å²) in [6.45, 7) is 0. The molecule has 29 heavy (non-hydrogen) atoms. The zero-order chi connectivity index (χ0) is 20.0. The van der Waals surface area contributed by atoms with Crippen LogP contribution in [0.4, 0.5) is 4.39 Å². The monoisotopic (exact) mass is 383 g/mol. The molecule has 0 bridgehead atoms. The molecule has 0 saturated heterocycles. The average Bonchev–Trinajstić information content (AvgIpc) is 3.16. The van der Waals surface area contributed by atoms with Crippen LogP contribution in [0.25, 0.3) is 22.2 Å². The van der Waals surface area contributed by atoms with Crippen LogP contribution in [-0.2, 0) is 0 Å². The third kappa shape index (κ3) is 2.62. The molecule has 0 aliphatic carbocycles. The first kappa shape index (κ1) is 17.0. The van der Waals surface area contributed by atoms with E-state index in [0.29, 0.717) is 22.7 Å². The number of ether oxygens (including phenoxy) is 1. The van der Waals surface area contributed by atoms with E-state index in [2.05, 4.69) is 21.3 Å². The number of fused-ring (bicyclic) bond motifs is 2. The third-order valence-electron chi connectivity index (χ3n) is 5.07. The van der Waals surface area contributed by atoms with Crippen molar-refractivity contribution in [1.29, 1.82) is 5.26 Å². The van der Waals surface area contributed by atoms with Crippen molar-refractivity contribution < 1.29 is 9.13 Å². The summed E-state index contributed by atoms with van der Waals surface area (Å²) in [7, 11) is 0. The Kier molecular flexibility index (Phi) is 3.78. The van der Waals surface area contributed by atoms with Crippen LogP contribution in [0.2, 0.25) is 0 Å². The minimum atomic E-state index is -0.504. The largest absolute Gasteiger partial charge is 0.420 e. The molecule has 3 heterocycles. The quantitative estimate of drug-likeness (QED) is 0.545. The first-order valence-corrected chi connectivity index (χ1v) is 8.93. The molecule has 1 aliphatic heterocycles. The molecule has 140 valence electrons. The molecule has 2 aromatic carbocycles. The van der Waals surface area contributed by atoms with E-state index in [1.54, 1.807) is 18.3 Å². The van der Waals surface area contributed by atoms with E-state index in [4.69, 9.17) is 10.5 Å². The topological polar surface area (TPSA) is 101 Å². The number of nitrogens with two attached hydrogens (primary N) is 1. The molecule has 0 fully saturated rings. The summed E-state index contributed by atoms with van der Waals surface area (Å²) in [4.78, 5) is 4.41. The number of nitrogens with zero attached hydrogens (tertiary/aromatic N) is 3. The van der Waals surface area contributed by atoms with Gasteiger partial charge in [-0.15, -0.1) is 5.10 Å². The molecule has 7 heteroatoms. The van der Waals surface area contributed by atoms with Gasteiger partial charge in [-0.3, -0.25) is 10.1 Å². The molecule has 1 atom stereocenters. The molecule has 3 N–H and O–H groups in total. The first-order valence-electron chi connectivity index (χ1n) is 8.93. The number of pyridine rings is 1. The highest BCUT2D eigenvalue weighted by molar-refractivity contribution is 5.85. The molecule has 0 saturated carbocycles. The van der Waals surface area contributed by atoms with Crippen molar-refractivity contribution in [2.45, 2.75) is 5.92 Å². The Bertz CT molecular complexity index is 1310. The van der Waals surface area contributed by atoms with E-state index >= 15 is 0 Å². The Labute approximate surface area is 165 Å². The minimum Gasteiger partial charge on any atom is -0.420 e. The minimum absolute atomic E-state index is 0.0167. The van der Waals surface area contributed by atoms with Gasteiger partial charge in [-0.25, -0.2) is 4.39 Å². The Morgan fingerprint density at radius 3 is 2.69 bits per heavy atom. The molecular weight excluding hydrogens is 369 g/mol. The van der Waals surface area contributed by atoms with Crippen LogP contribution in [0.1, 0.15) is 17.0 Å². The fourth-order valence-electron chi connectivity index (χ4n) is 3.76. The van der Waals surface area contributed by atoms with Crippen LogP contribution >= 0.6 is 0 Å². The Hall–Kier alpha value is -4.18. The van der Waals surface area contributed by atoms with E-state index in [9.17, 15) is 9.65 Å². The Morgan fingerprint density at radius 2 is 1.90 bits per heavy atom. The maximum absolute atomic E-state index is 13.4. The van der Waals surface area contributed by atoms with Crippen LogP contribution in [0, 0.1) is 17.1 Å². The predicted octanol–water partition coefficient (Wildman–Crippen LogP) is 3.98. The molecule has 5 rings (SSSR count). The average molecular weight is 383 g/mol. The van der Waals surface area contributed by atoms with Gasteiger partial charge in [-0.2, -0.15) is 5.26 Å². The Balaban J connectivity index is 1.80. The van der Waals surface area contributed by atoms with Gasteiger partial charge < -0.3 is 10.5 Å². The van der Waals surface area contributed by atoms with E-state index < -0.39 is 5.92 Å². The van der Waals surface area contributed by atoms with E-state index in [-0.39, 0.29) is 11.7 Å². The zero-order valence-electron chi connectivity index (χ0n) is 15.1. The van der Waals surface area contributed by atoms with Gasteiger partial charge >= 0.3 is 0 Å². The second-order valence-corrected chi connectivity index (χ2v) is 6.67. The Morgan fingerprint density at radius 1 is 1.10 bits per heavy atom. The van der Waals surface area contributed by atoms with Crippen molar-refractivity contribution in [3.8, 4) is 23.2 Å². The fourth-order valence-corrected chi connectivity index (χ4v) is 3.76. The number of hydrogen-bond acceptors (Lipinski definition) is 5. The van der Waals surface area contributed by atoms with Gasteiger partial charge in [0.2, 0.25) is 11.8 Å². The number of H-pyrrole nitrogens is 1. The molecule has 0 radical (unpaired) electrons. The van der Waals surface area contributed by atoms with Crippen molar-refractivity contribution in [3.05, 3.63) is 89.2 Å². The highest BCUT2D eigenvalue weighted by atomic mass is 19.1. The van der Waals surface area contributed by atoms with Gasteiger partial charge in [0.15, 0.2) is 0 Å². The number of aromatic nitrogens is 3. The van der Waals surface area contributed by atoms with Gasteiger partial charge in [0, 0.05) is 17.1 Å². The molecule has 2 aromatic heterocycles. The molecule has 0 spiro atoms. The molecule has 0 amide bonds. The fraction of sp³-hybridized carbons (Fsp3) is 0.0455. The SMILES string of the molecule is N#CC1=C(N)Oc2n[nH]c(-c3ccc(F)cc3)c2[C@H]1c1ccnc2ccccc12. The van der Waals surface area contributed by atoms with E-state index in [1.165, 1.54) is 12.1 Å². The van der Waals surface area contributed by atoms with Gasteiger partial charge in [-0.05, 0) is 42.0 Å². The summed E-state index contributed by atoms with van der Waals surface area (Å²) in [5.41, 5.74) is 10.1. The highest BCUT2D eigenvalue weighted by Gasteiger charge is 2.36. The predicted molar refractivity (Wildman–Crippen MR) is 105 cm³/mol. The molecule has 1 aliphatic rings. The molecule has 6 nitrogen and oxygen atoms in total. The van der Waals surface area contributed by atoms with Crippen molar-refractivity contribution in [2.24, 2.45) is 5.73 Å². The van der Waals surface area contributed by atoms with Crippen LogP contribution in [0.15, 0.2) is 72.3 Å². The number of rotatable bonds is 2. The second kappa shape index (κ2) is 6.46. The summed E-state index contributed by atoms with van der Waals surface area (Å²) < 4.78 is 19.1. The van der Waals surface area contributed by atoms with E-state index in [0.717, 1.165) is 22.0 Å². The summed E-state index contributed by atoms with van der Waals surface area (Å²) in [5.74, 6) is -0.526. The normalized spacial score (nSPS) is 15.7. The summed E-state index contributed by atoms with van der Waals surface area (Å²) in [5, 5.41) is 18.0. The lowest BCUT2D eigenvalue weighted by Crippen LogP contribution is -2.21. The van der Waals surface area contributed by atoms with Crippen LogP contribution < -0.4 is 10.5 Å². The number of nitrogens with one attached hydrogen (secondary N) is 1. The number of benzene rings is 2. The van der Waals surface area contributed by atoms with Crippen molar-refractivity contribution in [1.82, 2.24) is 15.2 Å². The molecular formula is C22H14FN5O. The highest BCUT2D eigenvalue weighted by Crippen LogP contribution is 2.46. The van der Waals surface area contributed by atoms with Gasteiger partial charge in [0.25, 0.3) is 0 Å². The van der Waals surface area contributed by atoms with Gasteiger partial charge in [0.1, 0.15) is 17.5 Å². The number of hydrogen-bond donors (Lipinski definition) is 2. The maximum atomic E-state index is 13.4. The number of nitriles is 1. The van der Waals surface area contributed by atoms with Crippen LogP contribution in [-0.4, -0.2) is 15.2 Å². The first-order chi connectivity index (χ1) is 14.2. The summed E-state index contributed by atoms with van der Waals surface area (Å²) >= 11 is 0. The van der Waals surface area contributed by atoms with Crippen LogP contribution in [0.5, 0.6) is 5.88 Å². The van der Waals surface area contributed by atoms with Crippen molar-refractivity contribution in [2.75, 3.05) is 0 Å². The standard InChI is InChI=1S/C22H14FN5O/c23-13-7-5-12(6-8-13)20-19-18(16(11-24)21(25)29-22(19)28-27-20)15-9-10-26-17-4-2-1-3-14(15)17/h1-10,18H,25H2,(H,27,28)/t18-/m0/s1. The van der Waals surface area contributed by atoms with Crippen LogP contribution in [0.3, 0.4) is 0 Å². The lowest BCUT2D eigenvalue weighted by Gasteiger charge is -2.25. The van der Waals surface area contributed by atoms with Gasteiger partial charge in [0.05, 0.1) is 22.7 Å². The van der Waals surface area contributed by atoms with Crippen molar-refractivity contribution in [3.63, 3.8) is 0 Å². The third-order valence-corrected chi connectivity index (χ3v) is 5.07. The summed E-state index contributed by atoms with van der Waals surface area (Å²) in [6.07, 6.45) is 1.70. The van der Waals surface area contributed by atoms with Gasteiger partial charge in [-0.1, -0.05) is 18.2 Å². The molecule has 4 aromatic rings. The smallest absolute Gasteiger partial charge is 0.244 e. The number of para-hydroxylation sites is 1.